The number of fused-ring (bicyclic) bond motifs is 1. The second kappa shape index (κ2) is 4.96. The molecule has 4 heteroatoms. The van der Waals surface area contributed by atoms with Crippen LogP contribution in [0.15, 0.2) is 6.33 Å². The van der Waals surface area contributed by atoms with Crippen LogP contribution >= 0.6 is 0 Å². The molecule has 2 heterocycles. The maximum absolute atomic E-state index is 5.98. The third-order valence-electron chi connectivity index (χ3n) is 3.78. The molecule has 2 aromatic rings. The summed E-state index contributed by atoms with van der Waals surface area (Å²) in [5.41, 5.74) is 9.40. The van der Waals surface area contributed by atoms with E-state index in [-0.39, 0.29) is 0 Å². The van der Waals surface area contributed by atoms with Crippen molar-refractivity contribution in [3.63, 3.8) is 0 Å². The van der Waals surface area contributed by atoms with Crippen LogP contribution in [0.2, 0.25) is 0 Å². The van der Waals surface area contributed by atoms with Gasteiger partial charge in [0.1, 0.15) is 17.8 Å². The summed E-state index contributed by atoms with van der Waals surface area (Å²) in [6, 6.07) is 0.454. The highest BCUT2D eigenvalue weighted by Crippen LogP contribution is 2.31. The molecule has 1 atom stereocenters. The van der Waals surface area contributed by atoms with Crippen LogP contribution in [0.4, 0.5) is 5.82 Å². The van der Waals surface area contributed by atoms with Crippen molar-refractivity contribution in [3.05, 3.63) is 17.6 Å². The standard InChI is InChI=1S/C14H22N4/c1-5-6-7-9(2)18-11(4)10(3)12-13(15)16-8-17-14(12)18/h8-9H,5-7H2,1-4H3,(H2,15,16,17). The Bertz CT molecular complexity index is 556. The van der Waals surface area contributed by atoms with E-state index in [1.165, 1.54) is 30.5 Å². The maximum Gasteiger partial charge on any atom is 0.146 e. The third-order valence-corrected chi connectivity index (χ3v) is 3.78. The van der Waals surface area contributed by atoms with Crippen molar-refractivity contribution in [2.75, 3.05) is 5.73 Å². The second-order valence-electron chi connectivity index (χ2n) is 5.03. The lowest BCUT2D eigenvalue weighted by Gasteiger charge is -2.16. The van der Waals surface area contributed by atoms with E-state index in [2.05, 4.69) is 42.2 Å². The van der Waals surface area contributed by atoms with Crippen molar-refractivity contribution in [1.29, 1.82) is 0 Å². The molecule has 2 aromatic heterocycles. The molecule has 0 amide bonds. The minimum absolute atomic E-state index is 0.454. The fourth-order valence-corrected chi connectivity index (χ4v) is 2.62. The average Bonchev–Trinajstić information content (AvgIpc) is 2.60. The second-order valence-corrected chi connectivity index (χ2v) is 5.03. The van der Waals surface area contributed by atoms with Crippen LogP contribution in [-0.2, 0) is 0 Å². The number of rotatable bonds is 4. The number of hydrogen-bond donors (Lipinski definition) is 1. The van der Waals surface area contributed by atoms with Crippen LogP contribution in [0.25, 0.3) is 11.0 Å². The topological polar surface area (TPSA) is 56.7 Å². The van der Waals surface area contributed by atoms with Gasteiger partial charge in [0.25, 0.3) is 0 Å². The molecule has 0 aliphatic rings. The van der Waals surface area contributed by atoms with Gasteiger partial charge in [-0.1, -0.05) is 19.8 Å². The van der Waals surface area contributed by atoms with Gasteiger partial charge in [0.15, 0.2) is 0 Å². The first kappa shape index (κ1) is 12.9. The minimum Gasteiger partial charge on any atom is -0.383 e. The van der Waals surface area contributed by atoms with Crippen molar-refractivity contribution < 1.29 is 0 Å². The van der Waals surface area contributed by atoms with Gasteiger partial charge in [-0.3, -0.25) is 0 Å². The fraction of sp³-hybridized carbons (Fsp3) is 0.571. The smallest absolute Gasteiger partial charge is 0.146 e. The maximum atomic E-state index is 5.98. The van der Waals surface area contributed by atoms with E-state index in [1.54, 1.807) is 6.33 Å². The summed E-state index contributed by atoms with van der Waals surface area (Å²) < 4.78 is 2.30. The van der Waals surface area contributed by atoms with Crippen LogP contribution in [0.3, 0.4) is 0 Å². The van der Waals surface area contributed by atoms with Crippen LogP contribution < -0.4 is 5.73 Å². The highest BCUT2D eigenvalue weighted by atomic mass is 15.1. The van der Waals surface area contributed by atoms with Gasteiger partial charge in [-0.15, -0.1) is 0 Å². The molecule has 98 valence electrons. The zero-order valence-corrected chi connectivity index (χ0v) is 11.7. The first-order valence-corrected chi connectivity index (χ1v) is 6.65. The van der Waals surface area contributed by atoms with Crippen molar-refractivity contribution >= 4 is 16.9 Å². The zero-order valence-electron chi connectivity index (χ0n) is 11.7. The number of anilines is 1. The molecule has 0 aliphatic carbocycles. The van der Waals surface area contributed by atoms with Crippen LogP contribution in [0, 0.1) is 13.8 Å². The average molecular weight is 246 g/mol. The first-order chi connectivity index (χ1) is 8.57. The highest BCUT2D eigenvalue weighted by Gasteiger charge is 2.18. The predicted octanol–water partition coefficient (Wildman–Crippen LogP) is 3.38. The Balaban J connectivity index is 2.57. The third kappa shape index (κ3) is 1.96. The number of hydrogen-bond acceptors (Lipinski definition) is 3. The number of nitrogens with two attached hydrogens (primary N) is 1. The quantitative estimate of drug-likeness (QED) is 0.899. The molecule has 0 spiro atoms. The van der Waals surface area contributed by atoms with Gasteiger partial charge in [0, 0.05) is 11.7 Å². The van der Waals surface area contributed by atoms with Gasteiger partial charge in [-0.05, 0) is 32.8 Å². The number of aromatic nitrogens is 3. The Morgan fingerprint density at radius 1 is 1.33 bits per heavy atom. The lowest BCUT2D eigenvalue weighted by atomic mass is 10.1. The SMILES string of the molecule is CCCCC(C)n1c(C)c(C)c2c(N)ncnc21. The fourth-order valence-electron chi connectivity index (χ4n) is 2.62. The van der Waals surface area contributed by atoms with Crippen LogP contribution in [0.1, 0.15) is 50.4 Å². The Morgan fingerprint density at radius 2 is 2.06 bits per heavy atom. The highest BCUT2D eigenvalue weighted by molar-refractivity contribution is 5.90. The molecular weight excluding hydrogens is 224 g/mol. The van der Waals surface area contributed by atoms with Crippen molar-refractivity contribution in [2.45, 2.75) is 53.0 Å². The van der Waals surface area contributed by atoms with E-state index in [9.17, 15) is 0 Å². The zero-order chi connectivity index (χ0) is 13.3. The lowest BCUT2D eigenvalue weighted by molar-refractivity contribution is 0.487. The molecule has 0 saturated carbocycles. The largest absolute Gasteiger partial charge is 0.383 e. The molecule has 2 rings (SSSR count). The molecule has 0 bridgehead atoms. The van der Waals surface area contributed by atoms with E-state index in [0.717, 1.165) is 11.0 Å². The number of unbranched alkanes of at least 4 members (excludes halogenated alkanes) is 1. The van der Waals surface area contributed by atoms with Crippen LogP contribution in [-0.4, -0.2) is 14.5 Å². The predicted molar refractivity (Wildman–Crippen MR) is 75.7 cm³/mol. The summed E-state index contributed by atoms with van der Waals surface area (Å²) in [5.74, 6) is 0.585. The molecule has 4 nitrogen and oxygen atoms in total. The van der Waals surface area contributed by atoms with Gasteiger partial charge in [0.05, 0.1) is 5.39 Å². The normalized spacial score (nSPS) is 13.1. The summed E-state index contributed by atoms with van der Waals surface area (Å²) in [6.45, 7) is 8.71. The Kier molecular flexibility index (Phi) is 3.55. The van der Waals surface area contributed by atoms with E-state index < -0.39 is 0 Å². The number of nitrogens with zero attached hydrogens (tertiary/aromatic N) is 3. The Morgan fingerprint density at radius 3 is 2.72 bits per heavy atom. The Labute approximate surface area is 108 Å². The summed E-state index contributed by atoms with van der Waals surface area (Å²) in [6.07, 6.45) is 5.18. The van der Waals surface area contributed by atoms with E-state index in [1.807, 2.05) is 0 Å². The van der Waals surface area contributed by atoms with Gasteiger partial charge < -0.3 is 10.3 Å². The summed E-state index contributed by atoms with van der Waals surface area (Å²) >= 11 is 0. The number of aryl methyl sites for hydroxylation is 1. The molecule has 0 fully saturated rings. The number of nitrogen functional groups attached to an aromatic ring is 1. The van der Waals surface area contributed by atoms with Gasteiger partial charge in [-0.2, -0.15) is 0 Å². The summed E-state index contributed by atoms with van der Waals surface area (Å²) in [7, 11) is 0. The van der Waals surface area contributed by atoms with E-state index >= 15 is 0 Å². The summed E-state index contributed by atoms with van der Waals surface area (Å²) in [5, 5.41) is 1.01. The molecule has 0 aliphatic heterocycles. The first-order valence-electron chi connectivity index (χ1n) is 6.65. The molecule has 18 heavy (non-hydrogen) atoms. The molecule has 0 aromatic carbocycles. The molecule has 0 radical (unpaired) electrons. The van der Waals surface area contributed by atoms with E-state index in [0.29, 0.717) is 11.9 Å². The van der Waals surface area contributed by atoms with Crippen molar-refractivity contribution in [2.24, 2.45) is 0 Å². The molecular formula is C14H22N4. The monoisotopic (exact) mass is 246 g/mol. The van der Waals surface area contributed by atoms with Gasteiger partial charge in [0.2, 0.25) is 0 Å². The van der Waals surface area contributed by atoms with E-state index in [4.69, 9.17) is 5.73 Å². The molecule has 0 saturated heterocycles. The lowest BCUT2D eigenvalue weighted by Crippen LogP contribution is -2.08. The van der Waals surface area contributed by atoms with Gasteiger partial charge >= 0.3 is 0 Å². The van der Waals surface area contributed by atoms with Gasteiger partial charge in [-0.25, -0.2) is 9.97 Å². The summed E-state index contributed by atoms with van der Waals surface area (Å²) in [4.78, 5) is 8.52. The Hall–Kier alpha value is -1.58. The van der Waals surface area contributed by atoms with Crippen LogP contribution in [0.5, 0.6) is 0 Å². The minimum atomic E-state index is 0.454. The molecule has 1 unspecified atom stereocenters. The molecule has 2 N–H and O–H groups in total. The van der Waals surface area contributed by atoms with Crippen molar-refractivity contribution in [3.8, 4) is 0 Å². The van der Waals surface area contributed by atoms with Crippen molar-refractivity contribution in [1.82, 2.24) is 14.5 Å².